The average molecular weight is 271 g/mol. The maximum absolute atomic E-state index is 12.6. The summed E-state index contributed by atoms with van der Waals surface area (Å²) in [6, 6.07) is 6.07. The molecule has 0 aliphatic heterocycles. The van der Waals surface area contributed by atoms with Gasteiger partial charge in [-0.25, -0.2) is 4.57 Å². The van der Waals surface area contributed by atoms with E-state index in [4.69, 9.17) is 5.11 Å². The highest BCUT2D eigenvalue weighted by atomic mass is 19.4. The second-order valence-electron chi connectivity index (χ2n) is 3.76. The van der Waals surface area contributed by atoms with Crippen LogP contribution in [-0.2, 0) is 6.18 Å². The van der Waals surface area contributed by atoms with Crippen molar-refractivity contribution in [3.8, 4) is 17.3 Å². The van der Waals surface area contributed by atoms with E-state index in [1.165, 1.54) is 24.3 Å². The zero-order valence-electron chi connectivity index (χ0n) is 9.35. The number of alkyl halides is 3. The fraction of sp³-hybridized carbons (Fsp3) is 0.0833. The Balaban J connectivity index is 2.70. The molecule has 2 rings (SSSR count). The summed E-state index contributed by atoms with van der Waals surface area (Å²) < 4.78 is 38.4. The van der Waals surface area contributed by atoms with Crippen molar-refractivity contribution in [3.63, 3.8) is 0 Å². The Bertz CT molecular complexity index is 659. The van der Waals surface area contributed by atoms with Crippen molar-refractivity contribution in [2.45, 2.75) is 6.18 Å². The van der Waals surface area contributed by atoms with Crippen LogP contribution in [-0.4, -0.2) is 14.8 Å². The third-order valence-corrected chi connectivity index (χ3v) is 2.48. The molecule has 0 spiro atoms. The lowest BCUT2D eigenvalue weighted by atomic mass is 10.2. The molecule has 2 aromatic rings. The summed E-state index contributed by atoms with van der Waals surface area (Å²) in [5, 5.41) is 18.7. The van der Waals surface area contributed by atoms with E-state index in [9.17, 15) is 23.1 Å². The zero-order valence-corrected chi connectivity index (χ0v) is 9.35. The number of aromatic nitrogens is 1. The number of phenols is 1. The van der Waals surface area contributed by atoms with Gasteiger partial charge in [-0.1, -0.05) is 0 Å². The van der Waals surface area contributed by atoms with Crippen LogP contribution in [0, 0.1) is 0 Å². The summed E-state index contributed by atoms with van der Waals surface area (Å²) in [7, 11) is 0. The molecule has 0 fully saturated rings. The van der Waals surface area contributed by atoms with Crippen molar-refractivity contribution in [3.05, 3.63) is 52.3 Å². The number of hydrogen-bond donors (Lipinski definition) is 2. The summed E-state index contributed by atoms with van der Waals surface area (Å²) in [5.41, 5.74) is -2.09. The van der Waals surface area contributed by atoms with E-state index in [1.807, 2.05) is 0 Å². The molecule has 0 aliphatic rings. The second-order valence-corrected chi connectivity index (χ2v) is 3.76. The fourth-order valence-electron chi connectivity index (χ4n) is 1.60. The van der Waals surface area contributed by atoms with Crippen LogP contribution in [0.1, 0.15) is 5.56 Å². The van der Waals surface area contributed by atoms with Gasteiger partial charge in [0.25, 0.3) is 5.56 Å². The average Bonchev–Trinajstić information content (AvgIpc) is 2.29. The summed E-state index contributed by atoms with van der Waals surface area (Å²) in [4.78, 5) is 11.6. The first kappa shape index (κ1) is 13.0. The van der Waals surface area contributed by atoms with Gasteiger partial charge >= 0.3 is 6.18 Å². The largest absolute Gasteiger partial charge is 0.508 e. The highest BCUT2D eigenvalue weighted by Crippen LogP contribution is 2.35. The molecule has 0 aliphatic carbocycles. The summed E-state index contributed by atoms with van der Waals surface area (Å²) in [6.07, 6.45) is -4.77. The zero-order chi connectivity index (χ0) is 14.2. The standard InChI is InChI=1S/C12H8F3NO3/c13-12(14,15)9-5-6-10(18)16(11(9)19)7-1-3-8(17)4-2-7/h1-6,17,19H. The highest BCUT2D eigenvalue weighted by molar-refractivity contribution is 5.42. The number of rotatable bonds is 1. The molecule has 1 aromatic heterocycles. The Labute approximate surface area is 105 Å². The number of aromatic hydroxyl groups is 2. The molecule has 0 radical (unpaired) electrons. The van der Waals surface area contributed by atoms with Crippen molar-refractivity contribution in [1.29, 1.82) is 0 Å². The maximum atomic E-state index is 12.6. The number of pyridine rings is 1. The fourth-order valence-corrected chi connectivity index (χ4v) is 1.60. The number of phenolic OH excluding ortho intramolecular Hbond substituents is 1. The van der Waals surface area contributed by atoms with Crippen molar-refractivity contribution in [1.82, 2.24) is 4.57 Å². The minimum Gasteiger partial charge on any atom is -0.508 e. The molecule has 100 valence electrons. The molecule has 0 saturated heterocycles. The van der Waals surface area contributed by atoms with Crippen LogP contribution < -0.4 is 5.56 Å². The molecule has 0 unspecified atom stereocenters. The molecule has 7 heteroatoms. The number of hydrogen-bond acceptors (Lipinski definition) is 3. The van der Waals surface area contributed by atoms with E-state index in [2.05, 4.69) is 0 Å². The summed E-state index contributed by atoms with van der Waals surface area (Å²) in [6.45, 7) is 0. The number of nitrogens with zero attached hydrogens (tertiary/aromatic N) is 1. The molecule has 4 nitrogen and oxygen atoms in total. The first-order valence-electron chi connectivity index (χ1n) is 5.12. The molecule has 0 saturated carbocycles. The first-order chi connectivity index (χ1) is 8.80. The highest BCUT2D eigenvalue weighted by Gasteiger charge is 2.35. The van der Waals surface area contributed by atoms with Crippen LogP contribution >= 0.6 is 0 Å². The van der Waals surface area contributed by atoms with Gasteiger partial charge in [0.15, 0.2) is 0 Å². The van der Waals surface area contributed by atoms with E-state index in [0.717, 1.165) is 6.07 Å². The molecule has 19 heavy (non-hydrogen) atoms. The predicted molar refractivity (Wildman–Crippen MR) is 60.4 cm³/mol. The Kier molecular flexibility index (Phi) is 2.97. The van der Waals surface area contributed by atoms with E-state index in [0.29, 0.717) is 10.6 Å². The molecule has 0 amide bonds. The van der Waals surface area contributed by atoms with Crippen LogP contribution in [0.4, 0.5) is 13.2 Å². The molecule has 2 N–H and O–H groups in total. The lowest BCUT2D eigenvalue weighted by Crippen LogP contribution is -2.20. The SMILES string of the molecule is O=c1ccc(C(F)(F)F)c(O)n1-c1ccc(O)cc1. The van der Waals surface area contributed by atoms with Gasteiger partial charge in [-0.15, -0.1) is 0 Å². The number of halogens is 3. The number of benzene rings is 1. The van der Waals surface area contributed by atoms with Crippen LogP contribution in [0.25, 0.3) is 5.69 Å². The van der Waals surface area contributed by atoms with Crippen molar-refractivity contribution in [2.75, 3.05) is 0 Å². The van der Waals surface area contributed by atoms with E-state index in [-0.39, 0.29) is 11.4 Å². The topological polar surface area (TPSA) is 62.5 Å². The first-order valence-corrected chi connectivity index (χ1v) is 5.12. The van der Waals surface area contributed by atoms with Gasteiger partial charge in [-0.05, 0) is 30.3 Å². The molecule has 0 atom stereocenters. The Morgan fingerprint density at radius 1 is 0.947 bits per heavy atom. The Morgan fingerprint density at radius 3 is 2.05 bits per heavy atom. The van der Waals surface area contributed by atoms with Gasteiger partial charge in [0.1, 0.15) is 11.3 Å². The molecule has 0 bridgehead atoms. The predicted octanol–water partition coefficient (Wildman–Crippen LogP) is 2.27. The van der Waals surface area contributed by atoms with Gasteiger partial charge in [0.2, 0.25) is 5.88 Å². The Hall–Kier alpha value is -2.44. The third-order valence-electron chi connectivity index (χ3n) is 2.48. The van der Waals surface area contributed by atoms with Gasteiger partial charge in [-0.3, -0.25) is 4.79 Å². The molecular weight excluding hydrogens is 263 g/mol. The lowest BCUT2D eigenvalue weighted by molar-refractivity contribution is -0.139. The second kappa shape index (κ2) is 4.34. The van der Waals surface area contributed by atoms with Gasteiger partial charge < -0.3 is 10.2 Å². The van der Waals surface area contributed by atoms with E-state index < -0.39 is 23.2 Å². The van der Waals surface area contributed by atoms with Crippen LogP contribution in [0.15, 0.2) is 41.2 Å². The third kappa shape index (κ3) is 2.40. The maximum Gasteiger partial charge on any atom is 0.421 e. The quantitative estimate of drug-likeness (QED) is 0.836. The van der Waals surface area contributed by atoms with Crippen LogP contribution in [0.3, 0.4) is 0 Å². The summed E-state index contributed by atoms with van der Waals surface area (Å²) in [5.74, 6) is -1.30. The monoisotopic (exact) mass is 271 g/mol. The Morgan fingerprint density at radius 2 is 1.53 bits per heavy atom. The van der Waals surface area contributed by atoms with Crippen LogP contribution in [0.2, 0.25) is 0 Å². The molecule has 1 aromatic carbocycles. The van der Waals surface area contributed by atoms with Gasteiger partial charge in [-0.2, -0.15) is 13.2 Å². The normalized spacial score (nSPS) is 11.5. The van der Waals surface area contributed by atoms with Crippen molar-refractivity contribution < 1.29 is 23.4 Å². The van der Waals surface area contributed by atoms with E-state index >= 15 is 0 Å². The molecule has 1 heterocycles. The minimum atomic E-state index is -4.77. The minimum absolute atomic E-state index is 0.0198. The van der Waals surface area contributed by atoms with Crippen molar-refractivity contribution >= 4 is 0 Å². The van der Waals surface area contributed by atoms with Crippen LogP contribution in [0.5, 0.6) is 11.6 Å². The lowest BCUT2D eigenvalue weighted by Gasteiger charge is -2.14. The smallest absolute Gasteiger partial charge is 0.421 e. The molecular formula is C12H8F3NO3. The van der Waals surface area contributed by atoms with Crippen molar-refractivity contribution in [2.24, 2.45) is 0 Å². The van der Waals surface area contributed by atoms with Gasteiger partial charge in [0, 0.05) is 6.07 Å². The summed E-state index contributed by atoms with van der Waals surface area (Å²) >= 11 is 0. The van der Waals surface area contributed by atoms with Gasteiger partial charge in [0.05, 0.1) is 5.69 Å². The van der Waals surface area contributed by atoms with E-state index in [1.54, 1.807) is 0 Å².